The van der Waals surface area contributed by atoms with Crippen LogP contribution in [0.1, 0.15) is 18.7 Å². The van der Waals surface area contributed by atoms with Gasteiger partial charge in [0.05, 0.1) is 11.7 Å². The zero-order chi connectivity index (χ0) is 7.56. The maximum Gasteiger partial charge on any atom is 0.0613 e. The number of aromatic nitrogens is 2. The highest BCUT2D eigenvalue weighted by molar-refractivity contribution is 4.95. The molecule has 3 heteroatoms. The normalized spacial score (nSPS) is 13.5. The van der Waals surface area contributed by atoms with E-state index in [1.165, 1.54) is 0 Å². The lowest BCUT2D eigenvalue weighted by molar-refractivity contribution is 0.498. The van der Waals surface area contributed by atoms with Crippen LogP contribution < -0.4 is 5.73 Å². The molecular weight excluding hydrogens is 126 g/mol. The van der Waals surface area contributed by atoms with Crippen molar-refractivity contribution in [2.24, 2.45) is 5.73 Å². The maximum absolute atomic E-state index is 5.45. The molecule has 1 heterocycles. The molecule has 3 nitrogen and oxygen atoms in total. The van der Waals surface area contributed by atoms with Crippen molar-refractivity contribution >= 4 is 0 Å². The molecule has 0 spiro atoms. The fraction of sp³-hybridized carbons (Fsp3) is 0.571. The lowest BCUT2D eigenvalue weighted by Gasteiger charge is -2.07. The molecule has 1 unspecified atom stereocenters. The second kappa shape index (κ2) is 2.84. The maximum atomic E-state index is 5.45. The zero-order valence-corrected chi connectivity index (χ0v) is 6.41. The Balaban J connectivity index is 2.74. The van der Waals surface area contributed by atoms with Crippen molar-refractivity contribution in [2.45, 2.75) is 19.9 Å². The van der Waals surface area contributed by atoms with Gasteiger partial charge in [-0.3, -0.25) is 4.68 Å². The Bertz CT molecular complexity index is 204. The van der Waals surface area contributed by atoms with E-state index < -0.39 is 0 Å². The molecule has 0 saturated heterocycles. The smallest absolute Gasteiger partial charge is 0.0613 e. The molecule has 0 radical (unpaired) electrons. The Hall–Kier alpha value is -0.830. The van der Waals surface area contributed by atoms with Crippen LogP contribution in [0, 0.1) is 6.92 Å². The zero-order valence-electron chi connectivity index (χ0n) is 6.41. The van der Waals surface area contributed by atoms with Crippen LogP contribution in [0.5, 0.6) is 0 Å². The Morgan fingerprint density at radius 3 is 2.90 bits per heavy atom. The van der Waals surface area contributed by atoms with E-state index in [4.69, 9.17) is 5.73 Å². The van der Waals surface area contributed by atoms with E-state index in [0.29, 0.717) is 12.6 Å². The Morgan fingerprint density at radius 2 is 2.50 bits per heavy atom. The summed E-state index contributed by atoms with van der Waals surface area (Å²) in [5.41, 5.74) is 6.49. The molecule has 1 atom stereocenters. The van der Waals surface area contributed by atoms with Crippen molar-refractivity contribution in [1.29, 1.82) is 0 Å². The lowest BCUT2D eigenvalue weighted by Crippen LogP contribution is -2.16. The largest absolute Gasteiger partial charge is 0.328 e. The van der Waals surface area contributed by atoms with E-state index in [-0.39, 0.29) is 0 Å². The summed E-state index contributed by atoms with van der Waals surface area (Å²) in [6.45, 7) is 4.66. The standard InChI is InChI=1S/C7H13N3/c1-6-3-4-10(9-6)7(2)5-8/h3-4,7H,5,8H2,1-2H3. The molecule has 0 fully saturated rings. The van der Waals surface area contributed by atoms with Crippen LogP contribution in [-0.4, -0.2) is 16.3 Å². The molecule has 0 saturated carbocycles. The molecule has 0 aromatic carbocycles. The van der Waals surface area contributed by atoms with E-state index in [1.54, 1.807) is 0 Å². The number of rotatable bonds is 2. The Labute approximate surface area is 60.8 Å². The molecule has 1 aromatic heterocycles. The number of hydrogen-bond acceptors (Lipinski definition) is 2. The van der Waals surface area contributed by atoms with E-state index in [1.807, 2.05) is 30.8 Å². The lowest BCUT2D eigenvalue weighted by atomic mass is 10.3. The fourth-order valence-electron chi connectivity index (χ4n) is 0.787. The summed E-state index contributed by atoms with van der Waals surface area (Å²) in [6.07, 6.45) is 1.95. The van der Waals surface area contributed by atoms with Crippen LogP contribution in [0.3, 0.4) is 0 Å². The van der Waals surface area contributed by atoms with Crippen molar-refractivity contribution in [3.8, 4) is 0 Å². The molecule has 0 aliphatic carbocycles. The predicted molar refractivity (Wildman–Crippen MR) is 40.7 cm³/mol. The fourth-order valence-corrected chi connectivity index (χ4v) is 0.787. The van der Waals surface area contributed by atoms with Crippen molar-refractivity contribution in [2.75, 3.05) is 6.54 Å². The summed E-state index contributed by atoms with van der Waals surface area (Å²) < 4.78 is 1.88. The summed E-state index contributed by atoms with van der Waals surface area (Å²) in [5, 5.41) is 4.22. The third-order valence-electron chi connectivity index (χ3n) is 1.53. The van der Waals surface area contributed by atoms with Gasteiger partial charge in [-0.1, -0.05) is 0 Å². The van der Waals surface area contributed by atoms with Crippen LogP contribution in [0.15, 0.2) is 12.3 Å². The minimum Gasteiger partial charge on any atom is -0.328 e. The van der Waals surface area contributed by atoms with Gasteiger partial charge < -0.3 is 5.73 Å². The van der Waals surface area contributed by atoms with Gasteiger partial charge in [0.1, 0.15) is 0 Å². The summed E-state index contributed by atoms with van der Waals surface area (Å²) in [6, 6.07) is 2.29. The van der Waals surface area contributed by atoms with Crippen LogP contribution in [-0.2, 0) is 0 Å². The molecule has 0 amide bonds. The van der Waals surface area contributed by atoms with E-state index in [2.05, 4.69) is 5.10 Å². The van der Waals surface area contributed by atoms with Crippen molar-refractivity contribution in [3.63, 3.8) is 0 Å². The highest BCUT2D eigenvalue weighted by Crippen LogP contribution is 2.01. The third-order valence-corrected chi connectivity index (χ3v) is 1.53. The second-order valence-corrected chi connectivity index (χ2v) is 2.52. The monoisotopic (exact) mass is 139 g/mol. The molecular formula is C7H13N3. The highest BCUT2D eigenvalue weighted by atomic mass is 15.3. The molecule has 0 aliphatic rings. The first-order chi connectivity index (χ1) is 4.74. The van der Waals surface area contributed by atoms with Crippen molar-refractivity contribution in [1.82, 2.24) is 9.78 Å². The number of nitrogens with two attached hydrogens (primary N) is 1. The highest BCUT2D eigenvalue weighted by Gasteiger charge is 2.00. The molecule has 56 valence electrons. The molecule has 0 aliphatic heterocycles. The van der Waals surface area contributed by atoms with Crippen LogP contribution >= 0.6 is 0 Å². The van der Waals surface area contributed by atoms with Gasteiger partial charge in [-0.05, 0) is 19.9 Å². The first kappa shape index (κ1) is 7.28. The van der Waals surface area contributed by atoms with Crippen molar-refractivity contribution < 1.29 is 0 Å². The van der Waals surface area contributed by atoms with Gasteiger partial charge in [-0.2, -0.15) is 5.10 Å². The van der Waals surface area contributed by atoms with Crippen molar-refractivity contribution in [3.05, 3.63) is 18.0 Å². The summed E-state index contributed by atoms with van der Waals surface area (Å²) >= 11 is 0. The SMILES string of the molecule is Cc1ccn(C(C)CN)n1. The Morgan fingerprint density at radius 1 is 1.80 bits per heavy atom. The average Bonchev–Trinajstić information content (AvgIpc) is 2.34. The molecule has 1 rings (SSSR count). The van der Waals surface area contributed by atoms with Gasteiger partial charge in [0.15, 0.2) is 0 Å². The Kier molecular flexibility index (Phi) is 2.06. The number of aryl methyl sites for hydroxylation is 1. The summed E-state index contributed by atoms with van der Waals surface area (Å²) in [5.74, 6) is 0. The molecule has 1 aromatic rings. The van der Waals surface area contributed by atoms with Gasteiger partial charge in [-0.25, -0.2) is 0 Å². The number of hydrogen-bond donors (Lipinski definition) is 1. The second-order valence-electron chi connectivity index (χ2n) is 2.52. The van der Waals surface area contributed by atoms with Gasteiger partial charge >= 0.3 is 0 Å². The quantitative estimate of drug-likeness (QED) is 0.655. The topological polar surface area (TPSA) is 43.8 Å². The first-order valence-electron chi connectivity index (χ1n) is 3.46. The van der Waals surface area contributed by atoms with E-state index >= 15 is 0 Å². The van der Waals surface area contributed by atoms with Gasteiger partial charge in [0.2, 0.25) is 0 Å². The van der Waals surface area contributed by atoms with Gasteiger partial charge in [-0.15, -0.1) is 0 Å². The van der Waals surface area contributed by atoms with Crippen LogP contribution in [0.2, 0.25) is 0 Å². The number of nitrogens with zero attached hydrogens (tertiary/aromatic N) is 2. The molecule has 10 heavy (non-hydrogen) atoms. The third kappa shape index (κ3) is 1.36. The van der Waals surface area contributed by atoms with E-state index in [9.17, 15) is 0 Å². The summed E-state index contributed by atoms with van der Waals surface area (Å²) in [7, 11) is 0. The minimum atomic E-state index is 0.314. The first-order valence-corrected chi connectivity index (χ1v) is 3.46. The van der Waals surface area contributed by atoms with Crippen LogP contribution in [0.4, 0.5) is 0 Å². The minimum absolute atomic E-state index is 0.314. The van der Waals surface area contributed by atoms with Crippen LogP contribution in [0.25, 0.3) is 0 Å². The van der Waals surface area contributed by atoms with Gasteiger partial charge in [0.25, 0.3) is 0 Å². The predicted octanol–water partition coefficient (Wildman–Crippen LogP) is 0.711. The average molecular weight is 139 g/mol. The summed E-state index contributed by atoms with van der Waals surface area (Å²) in [4.78, 5) is 0. The van der Waals surface area contributed by atoms with E-state index in [0.717, 1.165) is 5.69 Å². The molecule has 2 N–H and O–H groups in total. The van der Waals surface area contributed by atoms with Gasteiger partial charge in [0, 0.05) is 12.7 Å². The molecule has 0 bridgehead atoms.